The number of ether oxygens (including phenoxy) is 4. The zero-order valence-electron chi connectivity index (χ0n) is 15.7. The molecule has 0 aromatic heterocycles. The Morgan fingerprint density at radius 3 is 1.32 bits per heavy atom. The Balaban J connectivity index is 2.95. The fourth-order valence-corrected chi connectivity index (χ4v) is 2.58. The van der Waals surface area contributed by atoms with Crippen LogP contribution in [0, 0.1) is 0 Å². The number of methoxy groups -OCH3 is 2. The summed E-state index contributed by atoms with van der Waals surface area (Å²) in [7, 11) is 2.69. The van der Waals surface area contributed by atoms with E-state index >= 15 is 0 Å². The molecule has 0 aliphatic heterocycles. The molecule has 0 atom stereocenters. The smallest absolute Gasteiger partial charge is 0.308 e. The van der Waals surface area contributed by atoms with Gasteiger partial charge in [0, 0.05) is 36.1 Å². The Labute approximate surface area is 161 Å². The zero-order chi connectivity index (χ0) is 20.8. The highest BCUT2D eigenvalue weighted by Crippen LogP contribution is 2.46. The summed E-state index contributed by atoms with van der Waals surface area (Å²) >= 11 is 0. The summed E-state index contributed by atoms with van der Waals surface area (Å²) in [5.41, 5.74) is 0.837. The van der Waals surface area contributed by atoms with Crippen LogP contribution in [0.3, 0.4) is 0 Å². The van der Waals surface area contributed by atoms with Gasteiger partial charge in [-0.3, -0.25) is 19.2 Å². The molecular weight excluding hydrogens is 368 g/mol. The normalized spacial score (nSPS) is 10.0. The molecule has 0 amide bonds. The lowest BCUT2D eigenvalue weighted by atomic mass is 9.98. The molecule has 0 N–H and O–H groups in total. The maximum Gasteiger partial charge on any atom is 0.308 e. The highest BCUT2D eigenvalue weighted by Gasteiger charge is 2.23. The van der Waals surface area contributed by atoms with Crippen molar-refractivity contribution in [1.29, 1.82) is 0 Å². The van der Waals surface area contributed by atoms with Crippen molar-refractivity contribution < 1.29 is 38.1 Å². The molecule has 0 aliphatic rings. The average molecular weight is 386 g/mol. The van der Waals surface area contributed by atoms with Crippen molar-refractivity contribution in [2.45, 2.75) is 13.8 Å². The standard InChI is InChI=1S/C20H18O8/c1-11(23)27-19-15(5-13(9-21)7-17(19)25-3)16-6-14(10-22)8-18(26-4)20(16)28-12(2)24/h5-10H,1-4H3. The first-order chi connectivity index (χ1) is 13.3. The number of carbonyl (C=O) groups is 4. The van der Waals surface area contributed by atoms with E-state index in [0.717, 1.165) is 0 Å². The lowest BCUT2D eigenvalue weighted by molar-refractivity contribution is -0.133. The van der Waals surface area contributed by atoms with Crippen LogP contribution in [0.4, 0.5) is 0 Å². The van der Waals surface area contributed by atoms with Crippen LogP contribution in [0.1, 0.15) is 34.6 Å². The van der Waals surface area contributed by atoms with Crippen molar-refractivity contribution in [3.63, 3.8) is 0 Å². The van der Waals surface area contributed by atoms with Crippen LogP contribution in [-0.2, 0) is 9.59 Å². The van der Waals surface area contributed by atoms with Gasteiger partial charge in [-0.2, -0.15) is 0 Å². The zero-order valence-corrected chi connectivity index (χ0v) is 15.7. The lowest BCUT2D eigenvalue weighted by Crippen LogP contribution is -2.08. The van der Waals surface area contributed by atoms with Crippen molar-refractivity contribution in [2.75, 3.05) is 14.2 Å². The molecule has 0 bridgehead atoms. The third kappa shape index (κ3) is 4.35. The highest BCUT2D eigenvalue weighted by molar-refractivity contribution is 5.92. The van der Waals surface area contributed by atoms with Gasteiger partial charge in [-0.15, -0.1) is 0 Å². The number of hydrogen-bond acceptors (Lipinski definition) is 8. The van der Waals surface area contributed by atoms with Crippen molar-refractivity contribution in [3.05, 3.63) is 35.4 Å². The van der Waals surface area contributed by atoms with E-state index in [2.05, 4.69) is 0 Å². The van der Waals surface area contributed by atoms with Gasteiger partial charge in [0.15, 0.2) is 23.0 Å². The number of benzene rings is 2. The monoisotopic (exact) mass is 386 g/mol. The minimum absolute atomic E-state index is 0.000830. The quantitative estimate of drug-likeness (QED) is 0.406. The van der Waals surface area contributed by atoms with E-state index in [1.165, 1.54) is 52.3 Å². The van der Waals surface area contributed by atoms with Gasteiger partial charge in [-0.05, 0) is 24.3 Å². The second-order valence-electron chi connectivity index (χ2n) is 5.62. The molecule has 0 heterocycles. The number of esters is 2. The van der Waals surface area contributed by atoms with Crippen LogP contribution < -0.4 is 18.9 Å². The number of carbonyl (C=O) groups excluding carboxylic acids is 4. The molecule has 0 saturated heterocycles. The number of hydrogen-bond donors (Lipinski definition) is 0. The third-order valence-electron chi connectivity index (χ3n) is 3.65. The van der Waals surface area contributed by atoms with Gasteiger partial charge >= 0.3 is 11.9 Å². The van der Waals surface area contributed by atoms with Gasteiger partial charge in [0.05, 0.1) is 14.2 Å². The topological polar surface area (TPSA) is 105 Å². The number of rotatable bonds is 7. The summed E-state index contributed by atoms with van der Waals surface area (Å²) in [5, 5.41) is 0. The summed E-state index contributed by atoms with van der Waals surface area (Å²) in [6.45, 7) is 2.40. The van der Waals surface area contributed by atoms with E-state index in [9.17, 15) is 19.2 Å². The van der Waals surface area contributed by atoms with E-state index in [-0.39, 0.29) is 45.3 Å². The fourth-order valence-electron chi connectivity index (χ4n) is 2.58. The number of aldehydes is 2. The van der Waals surface area contributed by atoms with Gasteiger partial charge in [-0.1, -0.05) is 0 Å². The first kappa shape index (κ1) is 20.6. The van der Waals surface area contributed by atoms with Crippen molar-refractivity contribution in [3.8, 4) is 34.1 Å². The summed E-state index contributed by atoms with van der Waals surface area (Å²) in [5.74, 6) is -1.05. The molecule has 8 heteroatoms. The fraction of sp³-hybridized carbons (Fsp3) is 0.200. The molecule has 0 saturated carbocycles. The molecule has 0 spiro atoms. The summed E-state index contributed by atoms with van der Waals surface area (Å²) < 4.78 is 21.0. The largest absolute Gasteiger partial charge is 0.493 e. The Morgan fingerprint density at radius 2 is 1.07 bits per heavy atom. The molecule has 2 rings (SSSR count). The SMILES string of the molecule is COc1cc(C=O)cc(-c2cc(C=O)cc(OC)c2OC(C)=O)c1OC(C)=O. The second-order valence-corrected chi connectivity index (χ2v) is 5.62. The Hall–Kier alpha value is -3.68. The second kappa shape index (κ2) is 8.81. The molecule has 8 nitrogen and oxygen atoms in total. The predicted molar refractivity (Wildman–Crippen MR) is 98.4 cm³/mol. The summed E-state index contributed by atoms with van der Waals surface area (Å²) in [4.78, 5) is 46.0. The van der Waals surface area contributed by atoms with E-state index in [1.807, 2.05) is 0 Å². The molecule has 146 valence electrons. The molecule has 0 radical (unpaired) electrons. The molecule has 0 fully saturated rings. The van der Waals surface area contributed by atoms with E-state index < -0.39 is 11.9 Å². The van der Waals surface area contributed by atoms with Crippen LogP contribution in [0.2, 0.25) is 0 Å². The van der Waals surface area contributed by atoms with Crippen LogP contribution in [0.25, 0.3) is 11.1 Å². The first-order valence-corrected chi connectivity index (χ1v) is 8.06. The Bertz CT molecular complexity index is 868. The molecule has 2 aromatic rings. The Kier molecular flexibility index (Phi) is 6.49. The van der Waals surface area contributed by atoms with Crippen LogP contribution in [-0.4, -0.2) is 38.7 Å². The lowest BCUT2D eigenvalue weighted by Gasteiger charge is -2.18. The molecule has 28 heavy (non-hydrogen) atoms. The van der Waals surface area contributed by atoms with Gasteiger partial charge in [0.1, 0.15) is 12.6 Å². The van der Waals surface area contributed by atoms with E-state index in [4.69, 9.17) is 18.9 Å². The van der Waals surface area contributed by atoms with Crippen LogP contribution >= 0.6 is 0 Å². The summed E-state index contributed by atoms with van der Waals surface area (Å²) in [6, 6.07) is 5.62. The molecule has 0 aliphatic carbocycles. The minimum Gasteiger partial charge on any atom is -0.493 e. The molecule has 2 aromatic carbocycles. The van der Waals surface area contributed by atoms with Crippen LogP contribution in [0.15, 0.2) is 24.3 Å². The first-order valence-electron chi connectivity index (χ1n) is 8.06. The van der Waals surface area contributed by atoms with Crippen molar-refractivity contribution >= 4 is 24.5 Å². The highest BCUT2D eigenvalue weighted by atomic mass is 16.6. The maximum absolute atomic E-state index is 11.6. The average Bonchev–Trinajstić information content (AvgIpc) is 2.67. The van der Waals surface area contributed by atoms with Crippen molar-refractivity contribution in [1.82, 2.24) is 0 Å². The predicted octanol–water partition coefficient (Wildman–Crippen LogP) is 2.85. The van der Waals surface area contributed by atoms with Gasteiger partial charge in [0.25, 0.3) is 0 Å². The summed E-state index contributed by atoms with van der Waals surface area (Å²) in [6.07, 6.45) is 1.16. The molecule has 0 unspecified atom stereocenters. The van der Waals surface area contributed by atoms with Gasteiger partial charge in [-0.25, -0.2) is 0 Å². The van der Waals surface area contributed by atoms with Crippen molar-refractivity contribution in [2.24, 2.45) is 0 Å². The van der Waals surface area contributed by atoms with Gasteiger partial charge in [0.2, 0.25) is 0 Å². The van der Waals surface area contributed by atoms with Crippen LogP contribution in [0.5, 0.6) is 23.0 Å². The van der Waals surface area contributed by atoms with E-state index in [0.29, 0.717) is 12.6 Å². The van der Waals surface area contributed by atoms with Gasteiger partial charge < -0.3 is 18.9 Å². The Morgan fingerprint density at radius 1 is 0.714 bits per heavy atom. The third-order valence-corrected chi connectivity index (χ3v) is 3.65. The molecular formula is C20H18O8. The van der Waals surface area contributed by atoms with E-state index in [1.54, 1.807) is 0 Å². The maximum atomic E-state index is 11.6. The minimum atomic E-state index is -0.633.